The summed E-state index contributed by atoms with van der Waals surface area (Å²) in [5.74, 6) is 0.738. The Bertz CT molecular complexity index is 362. The standard InChI is InChI=1S/C16H26N2/c1-3-17-11-12-18(2)13-15-9-6-8-14-7-4-5-10-16(14)15/h4-5,7,10,15,17H,3,6,8-9,11-13H2,1-2H3. The summed E-state index contributed by atoms with van der Waals surface area (Å²) in [5.41, 5.74) is 3.17. The van der Waals surface area contributed by atoms with Gasteiger partial charge in [-0.05, 0) is 49.9 Å². The van der Waals surface area contributed by atoms with Crippen molar-refractivity contribution in [3.8, 4) is 0 Å². The number of benzene rings is 1. The second-order valence-electron chi connectivity index (χ2n) is 5.40. The highest BCUT2D eigenvalue weighted by atomic mass is 15.1. The van der Waals surface area contributed by atoms with Gasteiger partial charge in [-0.25, -0.2) is 0 Å². The van der Waals surface area contributed by atoms with Gasteiger partial charge in [0.2, 0.25) is 0 Å². The summed E-state index contributed by atoms with van der Waals surface area (Å²) in [6.45, 7) is 6.67. The van der Waals surface area contributed by atoms with Gasteiger partial charge in [-0.1, -0.05) is 31.2 Å². The lowest BCUT2D eigenvalue weighted by Crippen LogP contribution is -2.33. The summed E-state index contributed by atoms with van der Waals surface area (Å²) < 4.78 is 0. The molecule has 1 atom stereocenters. The molecule has 0 aromatic heterocycles. The first-order chi connectivity index (χ1) is 8.81. The molecular weight excluding hydrogens is 220 g/mol. The lowest BCUT2D eigenvalue weighted by Gasteiger charge is -2.29. The average molecular weight is 246 g/mol. The maximum Gasteiger partial charge on any atom is 0.0104 e. The molecule has 1 aliphatic carbocycles. The van der Waals surface area contributed by atoms with Gasteiger partial charge in [0.1, 0.15) is 0 Å². The van der Waals surface area contributed by atoms with Crippen molar-refractivity contribution >= 4 is 0 Å². The van der Waals surface area contributed by atoms with Crippen molar-refractivity contribution in [2.75, 3.05) is 33.2 Å². The molecule has 2 rings (SSSR count). The Morgan fingerprint density at radius 2 is 2.17 bits per heavy atom. The van der Waals surface area contributed by atoms with Crippen LogP contribution in [-0.2, 0) is 6.42 Å². The fourth-order valence-electron chi connectivity index (χ4n) is 2.96. The molecule has 0 spiro atoms. The van der Waals surface area contributed by atoms with E-state index in [4.69, 9.17) is 0 Å². The van der Waals surface area contributed by atoms with Gasteiger partial charge in [-0.2, -0.15) is 0 Å². The molecular formula is C16H26N2. The molecule has 0 amide bonds. The summed E-state index contributed by atoms with van der Waals surface area (Å²) in [6, 6.07) is 9.00. The predicted molar refractivity (Wildman–Crippen MR) is 78.2 cm³/mol. The summed E-state index contributed by atoms with van der Waals surface area (Å²) in [7, 11) is 2.24. The van der Waals surface area contributed by atoms with Gasteiger partial charge in [0.15, 0.2) is 0 Å². The number of hydrogen-bond acceptors (Lipinski definition) is 2. The summed E-state index contributed by atoms with van der Waals surface area (Å²) in [6.07, 6.45) is 3.97. The first-order valence-corrected chi connectivity index (χ1v) is 7.28. The molecule has 1 unspecified atom stereocenters. The van der Waals surface area contributed by atoms with E-state index in [0.717, 1.165) is 25.6 Å². The van der Waals surface area contributed by atoms with Crippen molar-refractivity contribution in [2.24, 2.45) is 0 Å². The van der Waals surface area contributed by atoms with Gasteiger partial charge in [0.25, 0.3) is 0 Å². The molecule has 18 heavy (non-hydrogen) atoms. The molecule has 0 heterocycles. The summed E-state index contributed by atoms with van der Waals surface area (Å²) in [4.78, 5) is 2.47. The van der Waals surface area contributed by atoms with Crippen molar-refractivity contribution in [2.45, 2.75) is 32.1 Å². The molecule has 1 aromatic carbocycles. The molecule has 1 N–H and O–H groups in total. The highest BCUT2D eigenvalue weighted by molar-refractivity contribution is 5.32. The van der Waals surface area contributed by atoms with E-state index in [0.29, 0.717) is 0 Å². The lowest BCUT2D eigenvalue weighted by molar-refractivity contribution is 0.297. The zero-order valence-corrected chi connectivity index (χ0v) is 11.8. The van der Waals surface area contributed by atoms with Crippen LogP contribution in [-0.4, -0.2) is 38.1 Å². The van der Waals surface area contributed by atoms with Gasteiger partial charge in [0, 0.05) is 19.6 Å². The Hall–Kier alpha value is -0.860. The number of nitrogens with zero attached hydrogens (tertiary/aromatic N) is 1. The van der Waals surface area contributed by atoms with Crippen LogP contribution in [0.1, 0.15) is 36.8 Å². The van der Waals surface area contributed by atoms with Gasteiger partial charge in [0.05, 0.1) is 0 Å². The SMILES string of the molecule is CCNCCN(C)CC1CCCc2ccccc21. The van der Waals surface area contributed by atoms with Gasteiger partial charge in [-0.15, -0.1) is 0 Å². The van der Waals surface area contributed by atoms with Gasteiger partial charge < -0.3 is 10.2 Å². The van der Waals surface area contributed by atoms with Crippen molar-refractivity contribution in [3.63, 3.8) is 0 Å². The van der Waals surface area contributed by atoms with Crippen molar-refractivity contribution in [3.05, 3.63) is 35.4 Å². The lowest BCUT2D eigenvalue weighted by atomic mass is 9.82. The Labute approximate surface area is 111 Å². The summed E-state index contributed by atoms with van der Waals surface area (Å²) >= 11 is 0. The van der Waals surface area contributed by atoms with Crippen LogP contribution < -0.4 is 5.32 Å². The minimum Gasteiger partial charge on any atom is -0.316 e. The second-order valence-corrected chi connectivity index (χ2v) is 5.40. The molecule has 0 bridgehead atoms. The molecule has 100 valence electrons. The zero-order valence-electron chi connectivity index (χ0n) is 11.8. The fraction of sp³-hybridized carbons (Fsp3) is 0.625. The first-order valence-electron chi connectivity index (χ1n) is 7.28. The quantitative estimate of drug-likeness (QED) is 0.776. The largest absolute Gasteiger partial charge is 0.316 e. The average Bonchev–Trinajstić information content (AvgIpc) is 2.39. The fourth-order valence-corrected chi connectivity index (χ4v) is 2.96. The van der Waals surface area contributed by atoms with Crippen LogP contribution in [0.3, 0.4) is 0 Å². The molecule has 2 heteroatoms. The van der Waals surface area contributed by atoms with Crippen LogP contribution in [0.15, 0.2) is 24.3 Å². The Morgan fingerprint density at radius 3 is 3.00 bits per heavy atom. The van der Waals surface area contributed by atoms with Crippen LogP contribution in [0.4, 0.5) is 0 Å². The van der Waals surface area contributed by atoms with E-state index in [1.165, 1.54) is 25.8 Å². The van der Waals surface area contributed by atoms with Crippen molar-refractivity contribution in [1.29, 1.82) is 0 Å². The third-order valence-corrected chi connectivity index (χ3v) is 3.95. The molecule has 0 aliphatic heterocycles. The van der Waals surface area contributed by atoms with Crippen LogP contribution in [0.25, 0.3) is 0 Å². The number of likely N-dealkylation sites (N-methyl/N-ethyl adjacent to an activating group) is 2. The van der Waals surface area contributed by atoms with E-state index in [1.807, 2.05) is 0 Å². The highest BCUT2D eigenvalue weighted by Crippen LogP contribution is 2.31. The maximum absolute atomic E-state index is 3.39. The van der Waals surface area contributed by atoms with E-state index in [9.17, 15) is 0 Å². The third kappa shape index (κ3) is 3.56. The van der Waals surface area contributed by atoms with Crippen LogP contribution in [0.2, 0.25) is 0 Å². The van der Waals surface area contributed by atoms with Crippen LogP contribution >= 0.6 is 0 Å². The normalized spacial score (nSPS) is 18.9. The van der Waals surface area contributed by atoms with Crippen molar-refractivity contribution in [1.82, 2.24) is 10.2 Å². The highest BCUT2D eigenvalue weighted by Gasteiger charge is 2.20. The molecule has 0 radical (unpaired) electrons. The maximum atomic E-state index is 3.39. The molecule has 0 fully saturated rings. The van der Waals surface area contributed by atoms with E-state index < -0.39 is 0 Å². The predicted octanol–water partition coefficient (Wildman–Crippen LogP) is 2.65. The smallest absolute Gasteiger partial charge is 0.0104 e. The third-order valence-electron chi connectivity index (χ3n) is 3.95. The monoisotopic (exact) mass is 246 g/mol. The Kier molecular flexibility index (Phi) is 5.21. The molecule has 1 aromatic rings. The Morgan fingerprint density at radius 1 is 1.33 bits per heavy atom. The van der Waals surface area contributed by atoms with Gasteiger partial charge >= 0.3 is 0 Å². The van der Waals surface area contributed by atoms with E-state index in [2.05, 4.69) is 48.5 Å². The minimum absolute atomic E-state index is 0.738. The number of rotatable bonds is 6. The molecule has 1 aliphatic rings. The number of hydrogen-bond donors (Lipinski definition) is 1. The molecule has 0 saturated carbocycles. The van der Waals surface area contributed by atoms with Crippen LogP contribution in [0, 0.1) is 0 Å². The topological polar surface area (TPSA) is 15.3 Å². The number of nitrogens with one attached hydrogen (secondary N) is 1. The zero-order chi connectivity index (χ0) is 12.8. The Balaban J connectivity index is 1.90. The number of aryl methyl sites for hydroxylation is 1. The molecule has 2 nitrogen and oxygen atoms in total. The number of fused-ring (bicyclic) bond motifs is 1. The summed E-state index contributed by atoms with van der Waals surface area (Å²) in [5, 5.41) is 3.39. The van der Waals surface area contributed by atoms with Crippen LogP contribution in [0.5, 0.6) is 0 Å². The molecule has 0 saturated heterocycles. The second kappa shape index (κ2) is 6.91. The van der Waals surface area contributed by atoms with Gasteiger partial charge in [-0.3, -0.25) is 0 Å². The first kappa shape index (κ1) is 13.6. The van der Waals surface area contributed by atoms with E-state index in [-0.39, 0.29) is 0 Å². The minimum atomic E-state index is 0.738. The van der Waals surface area contributed by atoms with E-state index >= 15 is 0 Å². The van der Waals surface area contributed by atoms with E-state index in [1.54, 1.807) is 11.1 Å². The van der Waals surface area contributed by atoms with Crippen molar-refractivity contribution < 1.29 is 0 Å².